The first-order valence-electron chi connectivity index (χ1n) is 8.78. The van der Waals surface area contributed by atoms with Crippen LogP contribution in [0.1, 0.15) is 41.5 Å². The summed E-state index contributed by atoms with van der Waals surface area (Å²) in [5.74, 6) is 0. The third-order valence-corrected chi connectivity index (χ3v) is 20.1. The Morgan fingerprint density at radius 2 is 0.880 bits per heavy atom. The molecule has 1 aliphatic rings. The molecule has 0 aromatic rings. The minimum atomic E-state index is -2.88. The Morgan fingerprint density at radius 1 is 0.600 bits per heavy atom. The predicted molar refractivity (Wildman–Crippen MR) is 109 cm³/mol. The second kappa shape index (κ2) is 8.44. The van der Waals surface area contributed by atoms with Gasteiger partial charge < -0.3 is 29.4 Å². The van der Waals surface area contributed by atoms with E-state index >= 15 is 0 Å². The Labute approximate surface area is 160 Å². The summed E-state index contributed by atoms with van der Waals surface area (Å²) in [5, 5.41) is 0. The van der Waals surface area contributed by atoms with Crippen LogP contribution >= 0.6 is 0 Å². The minimum absolute atomic E-state index is 0.366. The summed E-state index contributed by atoms with van der Waals surface area (Å²) in [7, 11) is -11.7. The van der Waals surface area contributed by atoms with Gasteiger partial charge in [-0.3, -0.25) is 0 Å². The molecule has 0 radical (unpaired) electrons. The molecule has 7 nitrogen and oxygen atoms in total. The smallest absolute Gasteiger partial charge is 0.420 e. The number of hydrogen-bond donors (Lipinski definition) is 0. The lowest BCUT2D eigenvalue weighted by Crippen LogP contribution is -2.60. The van der Waals surface area contributed by atoms with Gasteiger partial charge >= 0.3 is 45.5 Å². The molecule has 4 atom stereocenters. The van der Waals surface area contributed by atoms with Gasteiger partial charge in [-0.05, 0) is 61.2 Å². The highest BCUT2D eigenvalue weighted by Crippen LogP contribution is 2.26. The summed E-state index contributed by atoms with van der Waals surface area (Å²) in [4.78, 5) is 0. The minimum Gasteiger partial charge on any atom is -0.420 e. The molecule has 0 amide bonds. The Kier molecular flexibility index (Phi) is 8.05. The van der Waals surface area contributed by atoms with E-state index in [2.05, 4.69) is 0 Å². The van der Waals surface area contributed by atoms with Gasteiger partial charge in [0.05, 0.1) is 11.2 Å². The van der Waals surface area contributed by atoms with E-state index in [1.54, 1.807) is 0 Å². The summed E-state index contributed by atoms with van der Waals surface area (Å²) >= 11 is 0. The van der Waals surface area contributed by atoms with Crippen molar-refractivity contribution in [3.63, 3.8) is 0 Å². The molecule has 0 N–H and O–H groups in total. The standard InChI is InChI=1S/C13H36O7Si5/c1-12(2,3)14-24(10)17-21(7)16-22(8)18-25(11,15-13(4,5)6)20-23(9)19-24/h21-23H,1-11H3. The zero-order chi connectivity index (χ0) is 19.7. The van der Waals surface area contributed by atoms with Crippen molar-refractivity contribution < 1.29 is 29.4 Å². The second-order valence-electron chi connectivity index (χ2n) is 8.46. The maximum absolute atomic E-state index is 6.26. The highest BCUT2D eigenvalue weighted by molar-refractivity contribution is 6.80. The summed E-state index contributed by atoms with van der Waals surface area (Å²) in [6.45, 7) is 21.8. The van der Waals surface area contributed by atoms with E-state index < -0.39 is 45.5 Å². The van der Waals surface area contributed by atoms with Crippen molar-refractivity contribution in [3.8, 4) is 0 Å². The van der Waals surface area contributed by atoms with Crippen molar-refractivity contribution in [1.29, 1.82) is 0 Å². The van der Waals surface area contributed by atoms with Gasteiger partial charge in [0.25, 0.3) is 0 Å². The van der Waals surface area contributed by atoms with E-state index in [0.717, 1.165) is 0 Å². The lowest BCUT2D eigenvalue weighted by atomic mass is 10.2. The first kappa shape index (κ1) is 23.8. The molecule has 1 saturated heterocycles. The van der Waals surface area contributed by atoms with Crippen molar-refractivity contribution >= 4 is 45.5 Å². The molecule has 0 bridgehead atoms. The molecule has 12 heteroatoms. The van der Waals surface area contributed by atoms with Crippen molar-refractivity contribution in [2.24, 2.45) is 0 Å². The lowest BCUT2D eigenvalue weighted by molar-refractivity contribution is 0.0316. The molecular formula is C13H36O7Si5. The third kappa shape index (κ3) is 9.52. The molecule has 4 unspecified atom stereocenters. The molecule has 1 heterocycles. The molecule has 150 valence electrons. The van der Waals surface area contributed by atoms with Crippen molar-refractivity contribution in [3.05, 3.63) is 0 Å². The first-order valence-corrected chi connectivity index (χ1v) is 19.5. The average molecular weight is 445 g/mol. The van der Waals surface area contributed by atoms with Crippen LogP contribution in [0.3, 0.4) is 0 Å². The normalized spacial score (nSPS) is 39.2. The van der Waals surface area contributed by atoms with Crippen LogP contribution in [-0.4, -0.2) is 56.7 Å². The van der Waals surface area contributed by atoms with Crippen LogP contribution < -0.4 is 0 Å². The van der Waals surface area contributed by atoms with E-state index in [0.29, 0.717) is 0 Å². The van der Waals surface area contributed by atoms with E-state index in [1.165, 1.54) is 0 Å². The highest BCUT2D eigenvalue weighted by atomic mass is 28.5. The monoisotopic (exact) mass is 444 g/mol. The summed E-state index contributed by atoms with van der Waals surface area (Å²) in [6, 6.07) is 0. The number of hydrogen-bond acceptors (Lipinski definition) is 7. The molecule has 0 spiro atoms. The van der Waals surface area contributed by atoms with Crippen LogP contribution in [0, 0.1) is 0 Å². The van der Waals surface area contributed by atoms with Gasteiger partial charge in [0.2, 0.25) is 0 Å². The van der Waals surface area contributed by atoms with Crippen molar-refractivity contribution in [2.75, 3.05) is 0 Å². The lowest BCUT2D eigenvalue weighted by Gasteiger charge is -2.42. The van der Waals surface area contributed by atoms with Gasteiger partial charge in [0.1, 0.15) is 0 Å². The summed E-state index contributed by atoms with van der Waals surface area (Å²) in [5.41, 5.74) is -0.731. The van der Waals surface area contributed by atoms with E-state index in [-0.39, 0.29) is 11.2 Å². The molecule has 0 saturated carbocycles. The van der Waals surface area contributed by atoms with Gasteiger partial charge in [-0.2, -0.15) is 0 Å². The zero-order valence-electron chi connectivity index (χ0n) is 17.6. The quantitative estimate of drug-likeness (QED) is 0.606. The van der Waals surface area contributed by atoms with Gasteiger partial charge in [0, 0.05) is 13.1 Å². The fourth-order valence-corrected chi connectivity index (χ4v) is 21.1. The molecule has 1 aliphatic heterocycles. The Bertz CT molecular complexity index is 405. The molecular weight excluding hydrogens is 409 g/mol. The zero-order valence-corrected chi connectivity index (χ0v) is 23.1. The molecule has 1 rings (SSSR count). The fourth-order valence-electron chi connectivity index (χ4n) is 2.82. The Balaban J connectivity index is 3.07. The SMILES string of the molecule is C[SiH]1O[SiH](C)O[Si](C)(OC(C)(C)C)O[SiH](C)O[Si](C)(OC(C)(C)C)O1. The maximum Gasteiger partial charge on any atom is 0.479 e. The van der Waals surface area contributed by atoms with Gasteiger partial charge in [0.15, 0.2) is 0 Å². The first-order chi connectivity index (χ1) is 11.0. The average Bonchev–Trinajstić information content (AvgIpc) is 2.17. The third-order valence-electron chi connectivity index (χ3n) is 2.89. The van der Waals surface area contributed by atoms with Crippen LogP contribution in [0.2, 0.25) is 32.7 Å². The maximum atomic E-state index is 6.26. The van der Waals surface area contributed by atoms with E-state index in [1.807, 2.05) is 74.3 Å². The van der Waals surface area contributed by atoms with Crippen molar-refractivity contribution in [2.45, 2.75) is 85.5 Å². The van der Waals surface area contributed by atoms with Gasteiger partial charge in [-0.15, -0.1) is 0 Å². The largest absolute Gasteiger partial charge is 0.479 e. The predicted octanol–water partition coefficient (Wildman–Crippen LogP) is 2.40. The van der Waals surface area contributed by atoms with Gasteiger partial charge in [-0.1, -0.05) is 0 Å². The molecule has 0 aromatic heterocycles. The summed E-state index contributed by atoms with van der Waals surface area (Å²) < 4.78 is 43.4. The Hall–Kier alpha value is 0.804. The summed E-state index contributed by atoms with van der Waals surface area (Å²) in [6.07, 6.45) is 0. The molecule has 1 fully saturated rings. The highest BCUT2D eigenvalue weighted by Gasteiger charge is 2.49. The van der Waals surface area contributed by atoms with Crippen LogP contribution in [0.15, 0.2) is 0 Å². The van der Waals surface area contributed by atoms with Crippen LogP contribution in [-0.2, 0) is 29.4 Å². The Morgan fingerprint density at radius 3 is 1.16 bits per heavy atom. The van der Waals surface area contributed by atoms with Gasteiger partial charge in [-0.25, -0.2) is 0 Å². The van der Waals surface area contributed by atoms with E-state index in [4.69, 9.17) is 29.4 Å². The van der Waals surface area contributed by atoms with Crippen LogP contribution in [0.5, 0.6) is 0 Å². The van der Waals surface area contributed by atoms with Crippen LogP contribution in [0.25, 0.3) is 0 Å². The van der Waals surface area contributed by atoms with Crippen LogP contribution in [0.4, 0.5) is 0 Å². The number of rotatable bonds is 2. The second-order valence-corrected chi connectivity index (χ2v) is 20.6. The topological polar surface area (TPSA) is 64.6 Å². The molecule has 0 aliphatic carbocycles. The van der Waals surface area contributed by atoms with E-state index in [9.17, 15) is 0 Å². The van der Waals surface area contributed by atoms with Crippen molar-refractivity contribution in [1.82, 2.24) is 0 Å². The fraction of sp³-hybridized carbons (Fsp3) is 1.00. The molecule has 25 heavy (non-hydrogen) atoms. The molecule has 0 aromatic carbocycles.